The molecule has 0 bridgehead atoms. The van der Waals surface area contributed by atoms with E-state index in [4.69, 9.17) is 10.5 Å². The van der Waals surface area contributed by atoms with Crippen molar-refractivity contribution in [2.24, 2.45) is 0 Å². The number of nitrogens with two attached hydrogens (primary N) is 1. The molecular weight excluding hydrogens is 218 g/mol. The monoisotopic (exact) mass is 235 g/mol. The fourth-order valence-electron chi connectivity index (χ4n) is 1.89. The van der Waals surface area contributed by atoms with Gasteiger partial charge in [-0.15, -0.1) is 0 Å². The van der Waals surface area contributed by atoms with Gasteiger partial charge in [0.05, 0.1) is 19.5 Å². The van der Waals surface area contributed by atoms with Crippen LogP contribution in [0.3, 0.4) is 0 Å². The van der Waals surface area contributed by atoms with E-state index in [0.29, 0.717) is 23.7 Å². The highest BCUT2D eigenvalue weighted by Gasteiger charge is 2.18. The summed E-state index contributed by atoms with van der Waals surface area (Å²) in [6.07, 6.45) is 0.984. The lowest BCUT2D eigenvalue weighted by atomic mass is 10.1. The Morgan fingerprint density at radius 1 is 1.53 bits per heavy atom. The van der Waals surface area contributed by atoms with Crippen LogP contribution in [-0.2, 0) is 0 Å². The van der Waals surface area contributed by atoms with Gasteiger partial charge in [0, 0.05) is 12.1 Å². The molecule has 17 heavy (non-hydrogen) atoms. The van der Waals surface area contributed by atoms with Gasteiger partial charge in [0.1, 0.15) is 5.75 Å². The molecule has 0 aromatic heterocycles. The van der Waals surface area contributed by atoms with Gasteiger partial charge in [-0.05, 0) is 31.2 Å². The van der Waals surface area contributed by atoms with E-state index in [2.05, 4.69) is 5.32 Å². The molecule has 0 unspecified atom stereocenters. The number of carbonyl (C=O) groups excluding carboxylic acids is 1. The summed E-state index contributed by atoms with van der Waals surface area (Å²) in [6.45, 7) is 2.36. The molecule has 0 radical (unpaired) electrons. The summed E-state index contributed by atoms with van der Waals surface area (Å²) < 4.78 is 5.11. The smallest absolute Gasteiger partial charge is 0.255 e. The first kappa shape index (κ1) is 11.7. The fourth-order valence-corrected chi connectivity index (χ4v) is 1.89. The van der Waals surface area contributed by atoms with Crippen LogP contribution < -0.4 is 15.8 Å². The van der Waals surface area contributed by atoms with Crippen LogP contribution in [0.15, 0.2) is 18.2 Å². The van der Waals surface area contributed by atoms with Gasteiger partial charge in [-0.25, -0.2) is 0 Å². The average Bonchev–Trinajstić information content (AvgIpc) is 2.39. The van der Waals surface area contributed by atoms with Crippen LogP contribution >= 0.6 is 0 Å². The third-order valence-electron chi connectivity index (χ3n) is 2.85. The van der Waals surface area contributed by atoms with Crippen LogP contribution in [0, 0.1) is 0 Å². The Kier molecular flexibility index (Phi) is 3.49. The van der Waals surface area contributed by atoms with Crippen LogP contribution in [-0.4, -0.2) is 37.7 Å². The molecule has 1 aliphatic rings. The second kappa shape index (κ2) is 5.05. The summed E-state index contributed by atoms with van der Waals surface area (Å²) in [5, 5.41) is 3.17. The Bertz CT molecular complexity index is 414. The van der Waals surface area contributed by atoms with Crippen molar-refractivity contribution < 1.29 is 9.53 Å². The van der Waals surface area contributed by atoms with Crippen molar-refractivity contribution in [3.8, 4) is 5.75 Å². The topological polar surface area (TPSA) is 67.6 Å². The summed E-state index contributed by atoms with van der Waals surface area (Å²) in [5.41, 5.74) is 6.87. The number of amides is 1. The third kappa shape index (κ3) is 2.50. The first-order chi connectivity index (χ1) is 8.22. The van der Waals surface area contributed by atoms with Crippen LogP contribution in [0.25, 0.3) is 0 Å². The number of hydrogen-bond donors (Lipinski definition) is 2. The highest BCUT2D eigenvalue weighted by atomic mass is 16.5. The number of carbonyl (C=O) groups is 1. The summed E-state index contributed by atoms with van der Waals surface area (Å²) in [7, 11) is 1.54. The number of hydrogen-bond acceptors (Lipinski definition) is 4. The molecule has 1 heterocycles. The summed E-state index contributed by atoms with van der Waals surface area (Å²) >= 11 is 0. The summed E-state index contributed by atoms with van der Waals surface area (Å²) in [6, 6.07) is 5.12. The molecular formula is C12H17N3O2. The van der Waals surface area contributed by atoms with Gasteiger partial charge < -0.3 is 15.4 Å². The molecule has 1 amide bonds. The van der Waals surface area contributed by atoms with Crippen LogP contribution in [0.2, 0.25) is 0 Å². The van der Waals surface area contributed by atoms with E-state index in [-0.39, 0.29) is 5.91 Å². The van der Waals surface area contributed by atoms with Crippen molar-refractivity contribution in [1.29, 1.82) is 0 Å². The molecule has 0 aliphatic carbocycles. The molecule has 1 aromatic carbocycles. The molecule has 1 fully saturated rings. The minimum Gasteiger partial charge on any atom is -0.495 e. The zero-order chi connectivity index (χ0) is 12.3. The largest absolute Gasteiger partial charge is 0.495 e. The van der Waals surface area contributed by atoms with Crippen molar-refractivity contribution >= 4 is 11.6 Å². The maximum absolute atomic E-state index is 12.2. The SMILES string of the molecule is COc1cc(C(=O)N2CCCNC2)ccc1N. The maximum atomic E-state index is 12.2. The minimum absolute atomic E-state index is 0.00972. The Morgan fingerprint density at radius 2 is 2.35 bits per heavy atom. The van der Waals surface area contributed by atoms with E-state index in [1.54, 1.807) is 30.2 Å². The zero-order valence-corrected chi connectivity index (χ0v) is 9.90. The number of rotatable bonds is 2. The van der Waals surface area contributed by atoms with Crippen molar-refractivity contribution in [1.82, 2.24) is 10.2 Å². The van der Waals surface area contributed by atoms with Gasteiger partial charge in [-0.2, -0.15) is 0 Å². The lowest BCUT2D eigenvalue weighted by molar-refractivity contribution is 0.0711. The highest BCUT2D eigenvalue weighted by molar-refractivity contribution is 5.95. The molecule has 92 valence electrons. The molecule has 1 aliphatic heterocycles. The van der Waals surface area contributed by atoms with Gasteiger partial charge in [0.2, 0.25) is 0 Å². The second-order valence-electron chi connectivity index (χ2n) is 4.04. The molecule has 5 heteroatoms. The van der Waals surface area contributed by atoms with E-state index >= 15 is 0 Å². The zero-order valence-electron chi connectivity index (χ0n) is 9.90. The second-order valence-corrected chi connectivity index (χ2v) is 4.04. The van der Waals surface area contributed by atoms with Crippen molar-refractivity contribution in [3.63, 3.8) is 0 Å². The summed E-state index contributed by atoms with van der Waals surface area (Å²) in [4.78, 5) is 14.0. The van der Waals surface area contributed by atoms with Gasteiger partial charge in [0.25, 0.3) is 5.91 Å². The number of nitrogen functional groups attached to an aromatic ring is 1. The van der Waals surface area contributed by atoms with Crippen LogP contribution in [0.1, 0.15) is 16.8 Å². The average molecular weight is 235 g/mol. The number of nitrogens with zero attached hydrogens (tertiary/aromatic N) is 1. The molecule has 0 atom stereocenters. The predicted octanol–water partition coefficient (Wildman–Crippen LogP) is 0.670. The van der Waals surface area contributed by atoms with Gasteiger partial charge >= 0.3 is 0 Å². The number of nitrogens with one attached hydrogen (secondary N) is 1. The molecule has 0 spiro atoms. The van der Waals surface area contributed by atoms with E-state index < -0.39 is 0 Å². The van der Waals surface area contributed by atoms with E-state index in [1.807, 2.05) is 0 Å². The Labute approximate surface area is 101 Å². The minimum atomic E-state index is 0.00972. The number of anilines is 1. The Balaban J connectivity index is 2.18. The van der Waals surface area contributed by atoms with Crippen molar-refractivity contribution in [2.75, 3.05) is 32.6 Å². The van der Waals surface area contributed by atoms with Crippen LogP contribution in [0.4, 0.5) is 5.69 Å². The number of methoxy groups -OCH3 is 1. The van der Waals surface area contributed by atoms with E-state index in [1.165, 1.54) is 0 Å². The van der Waals surface area contributed by atoms with Gasteiger partial charge in [0.15, 0.2) is 0 Å². The van der Waals surface area contributed by atoms with Gasteiger partial charge in [-0.3, -0.25) is 10.1 Å². The highest BCUT2D eigenvalue weighted by Crippen LogP contribution is 2.23. The first-order valence-electron chi connectivity index (χ1n) is 5.66. The maximum Gasteiger partial charge on any atom is 0.255 e. The summed E-state index contributed by atoms with van der Waals surface area (Å²) in [5.74, 6) is 0.552. The lowest BCUT2D eigenvalue weighted by Crippen LogP contribution is -2.44. The molecule has 0 saturated carbocycles. The lowest BCUT2D eigenvalue weighted by Gasteiger charge is -2.27. The molecule has 3 N–H and O–H groups in total. The van der Waals surface area contributed by atoms with Gasteiger partial charge in [-0.1, -0.05) is 0 Å². The van der Waals surface area contributed by atoms with Crippen LogP contribution in [0.5, 0.6) is 5.75 Å². The van der Waals surface area contributed by atoms with E-state index in [9.17, 15) is 4.79 Å². The predicted molar refractivity (Wildman–Crippen MR) is 65.9 cm³/mol. The number of ether oxygens (including phenoxy) is 1. The Morgan fingerprint density at radius 3 is 3.00 bits per heavy atom. The molecule has 1 saturated heterocycles. The quantitative estimate of drug-likeness (QED) is 0.739. The standard InChI is InChI=1S/C12H17N3O2/c1-17-11-7-9(3-4-10(11)13)12(16)15-6-2-5-14-8-15/h3-4,7,14H,2,5-6,8,13H2,1H3. The van der Waals surface area contributed by atoms with Crippen molar-refractivity contribution in [2.45, 2.75) is 6.42 Å². The molecule has 5 nitrogen and oxygen atoms in total. The van der Waals surface area contributed by atoms with E-state index in [0.717, 1.165) is 19.5 Å². The Hall–Kier alpha value is -1.75. The number of benzene rings is 1. The fraction of sp³-hybridized carbons (Fsp3) is 0.417. The normalized spacial score (nSPS) is 15.7. The molecule has 1 aromatic rings. The third-order valence-corrected chi connectivity index (χ3v) is 2.85. The molecule has 2 rings (SSSR count). The first-order valence-corrected chi connectivity index (χ1v) is 5.66. The van der Waals surface area contributed by atoms with Crippen molar-refractivity contribution in [3.05, 3.63) is 23.8 Å².